The van der Waals surface area contributed by atoms with Crippen LogP contribution in [0.2, 0.25) is 0 Å². The SMILES string of the molecule is CS(=O)(=O)NCC(=O)N1CCC2(CC1)C(=O)NC(=O)N2Cc1ccccc1. The lowest BCUT2D eigenvalue weighted by Crippen LogP contribution is -2.57. The summed E-state index contributed by atoms with van der Waals surface area (Å²) in [6.07, 6.45) is 1.60. The van der Waals surface area contributed by atoms with Gasteiger partial charge in [0.05, 0.1) is 12.8 Å². The molecule has 2 saturated heterocycles. The fourth-order valence-corrected chi connectivity index (χ4v) is 3.90. The Bertz CT molecular complexity index is 847. The zero-order valence-corrected chi connectivity index (χ0v) is 15.8. The molecule has 0 unspecified atom stereocenters. The number of rotatable bonds is 5. The average Bonchev–Trinajstić information content (AvgIpc) is 2.85. The number of hydrogen-bond acceptors (Lipinski definition) is 5. The maximum atomic E-state index is 12.5. The van der Waals surface area contributed by atoms with Crippen LogP contribution in [-0.2, 0) is 26.2 Å². The number of sulfonamides is 1. The number of carbonyl (C=O) groups is 3. The van der Waals surface area contributed by atoms with Crippen molar-refractivity contribution in [2.45, 2.75) is 24.9 Å². The molecule has 0 radical (unpaired) electrons. The minimum Gasteiger partial charge on any atom is -0.341 e. The lowest BCUT2D eigenvalue weighted by atomic mass is 9.85. The Balaban J connectivity index is 1.69. The molecule has 9 nitrogen and oxygen atoms in total. The fourth-order valence-electron chi connectivity index (χ4n) is 3.51. The summed E-state index contributed by atoms with van der Waals surface area (Å²) in [5.41, 5.74) is -0.0638. The van der Waals surface area contributed by atoms with Crippen LogP contribution < -0.4 is 10.0 Å². The van der Waals surface area contributed by atoms with E-state index < -0.39 is 21.6 Å². The summed E-state index contributed by atoms with van der Waals surface area (Å²) in [4.78, 5) is 40.1. The van der Waals surface area contributed by atoms with E-state index >= 15 is 0 Å². The highest BCUT2D eigenvalue weighted by Crippen LogP contribution is 2.34. The molecule has 0 atom stereocenters. The van der Waals surface area contributed by atoms with E-state index in [1.807, 2.05) is 30.3 Å². The van der Waals surface area contributed by atoms with Gasteiger partial charge in [-0.3, -0.25) is 14.9 Å². The summed E-state index contributed by atoms with van der Waals surface area (Å²) in [6, 6.07) is 8.96. The summed E-state index contributed by atoms with van der Waals surface area (Å²) < 4.78 is 24.5. The van der Waals surface area contributed by atoms with E-state index in [1.165, 1.54) is 4.90 Å². The normalized spacial score (nSPS) is 19.4. The van der Waals surface area contributed by atoms with Crippen LogP contribution in [0.4, 0.5) is 4.79 Å². The molecule has 1 spiro atoms. The first-order valence-corrected chi connectivity index (χ1v) is 10.5. The van der Waals surface area contributed by atoms with E-state index in [4.69, 9.17) is 0 Å². The highest BCUT2D eigenvalue weighted by molar-refractivity contribution is 7.88. The number of carbonyl (C=O) groups excluding carboxylic acids is 3. The highest BCUT2D eigenvalue weighted by Gasteiger charge is 2.54. The van der Waals surface area contributed by atoms with Crippen molar-refractivity contribution < 1.29 is 22.8 Å². The maximum Gasteiger partial charge on any atom is 0.325 e. The molecule has 2 fully saturated rings. The van der Waals surface area contributed by atoms with E-state index in [0.717, 1.165) is 11.8 Å². The summed E-state index contributed by atoms with van der Waals surface area (Å²) >= 11 is 0. The highest BCUT2D eigenvalue weighted by atomic mass is 32.2. The standard InChI is InChI=1S/C17H22N4O5S/c1-27(25,26)18-11-14(22)20-9-7-17(8-10-20)15(23)19-16(24)21(17)12-13-5-3-2-4-6-13/h2-6,18H,7-12H2,1H3,(H,19,23,24). The first-order valence-electron chi connectivity index (χ1n) is 8.61. The third kappa shape index (κ3) is 4.11. The second kappa shape index (κ2) is 7.28. The van der Waals surface area contributed by atoms with Gasteiger partial charge in [0, 0.05) is 19.6 Å². The molecular formula is C17H22N4O5S. The van der Waals surface area contributed by atoms with Crippen molar-refractivity contribution >= 4 is 27.9 Å². The van der Waals surface area contributed by atoms with Gasteiger partial charge in [0.2, 0.25) is 15.9 Å². The molecule has 0 saturated carbocycles. The van der Waals surface area contributed by atoms with Crippen LogP contribution in [0.3, 0.4) is 0 Å². The fraction of sp³-hybridized carbons (Fsp3) is 0.471. The van der Waals surface area contributed by atoms with Crippen molar-refractivity contribution in [1.29, 1.82) is 0 Å². The minimum atomic E-state index is -3.45. The molecule has 1 aromatic rings. The van der Waals surface area contributed by atoms with Gasteiger partial charge in [-0.05, 0) is 18.4 Å². The molecule has 0 aromatic heterocycles. The Labute approximate surface area is 157 Å². The maximum absolute atomic E-state index is 12.5. The molecule has 1 aromatic carbocycles. The molecule has 4 amide bonds. The van der Waals surface area contributed by atoms with E-state index in [0.29, 0.717) is 19.4 Å². The van der Waals surface area contributed by atoms with Crippen molar-refractivity contribution in [2.75, 3.05) is 25.9 Å². The van der Waals surface area contributed by atoms with E-state index in [9.17, 15) is 22.8 Å². The van der Waals surface area contributed by atoms with Gasteiger partial charge in [-0.25, -0.2) is 17.9 Å². The number of nitrogens with zero attached hydrogens (tertiary/aromatic N) is 2. The number of hydrogen-bond donors (Lipinski definition) is 2. The number of amides is 4. The van der Waals surface area contributed by atoms with Gasteiger partial charge in [0.15, 0.2) is 0 Å². The average molecular weight is 394 g/mol. The molecule has 10 heteroatoms. The summed E-state index contributed by atoms with van der Waals surface area (Å²) in [5, 5.41) is 2.39. The Kier molecular flexibility index (Phi) is 5.20. The summed E-state index contributed by atoms with van der Waals surface area (Å²) in [5.74, 6) is -0.695. The number of piperidine rings is 1. The first-order chi connectivity index (χ1) is 12.7. The van der Waals surface area contributed by atoms with Gasteiger partial charge in [-0.1, -0.05) is 30.3 Å². The van der Waals surface area contributed by atoms with Crippen LogP contribution in [-0.4, -0.2) is 67.5 Å². The first kappa shape index (κ1) is 19.3. The van der Waals surface area contributed by atoms with Crippen molar-refractivity contribution in [1.82, 2.24) is 19.8 Å². The van der Waals surface area contributed by atoms with Crippen LogP contribution >= 0.6 is 0 Å². The molecular weight excluding hydrogens is 372 g/mol. The Morgan fingerprint density at radius 2 is 1.81 bits per heavy atom. The van der Waals surface area contributed by atoms with Crippen LogP contribution in [0, 0.1) is 0 Å². The van der Waals surface area contributed by atoms with Crippen LogP contribution in [0.25, 0.3) is 0 Å². The van der Waals surface area contributed by atoms with E-state index in [-0.39, 0.29) is 31.4 Å². The van der Waals surface area contributed by atoms with Gasteiger partial charge < -0.3 is 9.80 Å². The molecule has 3 rings (SSSR count). The van der Waals surface area contributed by atoms with Gasteiger partial charge in [-0.2, -0.15) is 0 Å². The molecule has 0 aliphatic carbocycles. The zero-order valence-electron chi connectivity index (χ0n) is 15.0. The number of imide groups is 1. The monoisotopic (exact) mass is 394 g/mol. The minimum absolute atomic E-state index is 0.274. The molecule has 2 aliphatic rings. The summed E-state index contributed by atoms with van der Waals surface area (Å²) in [7, 11) is -3.45. The lowest BCUT2D eigenvalue weighted by molar-refractivity contribution is -0.137. The molecule has 2 aliphatic heterocycles. The van der Waals surface area contributed by atoms with Crippen molar-refractivity contribution in [3.63, 3.8) is 0 Å². The van der Waals surface area contributed by atoms with Crippen LogP contribution in [0.1, 0.15) is 18.4 Å². The Hall–Kier alpha value is -2.46. The second-order valence-corrected chi connectivity index (χ2v) is 8.67. The molecule has 146 valence electrons. The summed E-state index contributed by atoms with van der Waals surface area (Å²) in [6.45, 7) is 0.541. The number of benzene rings is 1. The number of urea groups is 1. The van der Waals surface area contributed by atoms with Crippen LogP contribution in [0.5, 0.6) is 0 Å². The third-order valence-electron chi connectivity index (χ3n) is 5.02. The van der Waals surface area contributed by atoms with E-state index in [2.05, 4.69) is 10.0 Å². The zero-order chi connectivity index (χ0) is 19.7. The Morgan fingerprint density at radius 3 is 2.41 bits per heavy atom. The van der Waals surface area contributed by atoms with Crippen molar-refractivity contribution in [3.8, 4) is 0 Å². The number of nitrogens with one attached hydrogen (secondary N) is 2. The topological polar surface area (TPSA) is 116 Å². The quantitative estimate of drug-likeness (QED) is 0.662. The Morgan fingerprint density at radius 1 is 1.19 bits per heavy atom. The van der Waals surface area contributed by atoms with Gasteiger partial charge >= 0.3 is 6.03 Å². The molecule has 2 heterocycles. The molecule has 0 bridgehead atoms. The smallest absolute Gasteiger partial charge is 0.325 e. The van der Waals surface area contributed by atoms with E-state index in [1.54, 1.807) is 4.90 Å². The largest absolute Gasteiger partial charge is 0.341 e. The third-order valence-corrected chi connectivity index (χ3v) is 5.69. The van der Waals surface area contributed by atoms with Gasteiger partial charge in [0.1, 0.15) is 5.54 Å². The van der Waals surface area contributed by atoms with Gasteiger partial charge in [0.25, 0.3) is 5.91 Å². The molecule has 27 heavy (non-hydrogen) atoms. The predicted molar refractivity (Wildman–Crippen MR) is 96.9 cm³/mol. The number of likely N-dealkylation sites (tertiary alicyclic amines) is 1. The van der Waals surface area contributed by atoms with Crippen LogP contribution in [0.15, 0.2) is 30.3 Å². The lowest BCUT2D eigenvalue weighted by Gasteiger charge is -2.42. The van der Waals surface area contributed by atoms with Gasteiger partial charge in [-0.15, -0.1) is 0 Å². The predicted octanol–water partition coefficient (Wildman–Crippen LogP) is -0.351. The second-order valence-electron chi connectivity index (χ2n) is 6.84. The van der Waals surface area contributed by atoms with Crippen molar-refractivity contribution in [3.05, 3.63) is 35.9 Å². The van der Waals surface area contributed by atoms with Crippen molar-refractivity contribution in [2.24, 2.45) is 0 Å². The molecule has 2 N–H and O–H groups in total.